The molecule has 1 aromatic rings. The molecule has 0 spiro atoms. The number of likely N-dealkylation sites (tertiary alicyclic amines) is 1. The fraction of sp³-hybridized carbons (Fsp3) is 0.800. The van der Waals surface area contributed by atoms with E-state index in [0.29, 0.717) is 0 Å². The van der Waals surface area contributed by atoms with Gasteiger partial charge in [0.25, 0.3) is 0 Å². The van der Waals surface area contributed by atoms with Gasteiger partial charge in [-0.15, -0.1) is 11.3 Å². The molecule has 1 saturated heterocycles. The zero-order valence-electron chi connectivity index (χ0n) is 11.7. The van der Waals surface area contributed by atoms with Gasteiger partial charge in [-0.05, 0) is 38.8 Å². The maximum atomic E-state index is 6.67. The predicted molar refractivity (Wildman–Crippen MR) is 80.4 cm³/mol. The number of nitrogens with zero attached hydrogens (tertiary/aromatic N) is 2. The number of aromatic nitrogens is 1. The van der Waals surface area contributed by atoms with Crippen molar-refractivity contribution in [1.29, 1.82) is 0 Å². The van der Waals surface area contributed by atoms with Gasteiger partial charge in [0.2, 0.25) is 0 Å². The third-order valence-electron chi connectivity index (χ3n) is 5.05. The highest BCUT2D eigenvalue weighted by Crippen LogP contribution is 2.40. The molecule has 2 N–H and O–H groups in total. The number of hydrogen-bond donors (Lipinski definition) is 1. The minimum atomic E-state index is 0.272. The van der Waals surface area contributed by atoms with Crippen molar-refractivity contribution < 1.29 is 0 Å². The van der Waals surface area contributed by atoms with E-state index in [1.807, 2.05) is 11.7 Å². The summed E-state index contributed by atoms with van der Waals surface area (Å²) >= 11 is 1.75. The SMILES string of the molecule is NC(Cc1cncs1)C1(N2CCCCC2)CCCC1. The Morgan fingerprint density at radius 2 is 1.95 bits per heavy atom. The van der Waals surface area contributed by atoms with Crippen molar-refractivity contribution in [2.75, 3.05) is 13.1 Å². The van der Waals surface area contributed by atoms with Gasteiger partial charge in [-0.1, -0.05) is 19.3 Å². The summed E-state index contributed by atoms with van der Waals surface area (Å²) in [7, 11) is 0. The van der Waals surface area contributed by atoms with Crippen molar-refractivity contribution in [2.45, 2.75) is 62.9 Å². The quantitative estimate of drug-likeness (QED) is 0.921. The van der Waals surface area contributed by atoms with Crippen LogP contribution in [0.1, 0.15) is 49.8 Å². The fourth-order valence-corrected chi connectivity index (χ4v) is 4.65. The molecule has 3 rings (SSSR count). The van der Waals surface area contributed by atoms with Crippen LogP contribution in [0.5, 0.6) is 0 Å². The molecule has 2 aliphatic rings. The molecule has 1 aliphatic carbocycles. The summed E-state index contributed by atoms with van der Waals surface area (Å²) in [6, 6.07) is 0.272. The molecule has 0 radical (unpaired) electrons. The maximum Gasteiger partial charge on any atom is 0.0794 e. The van der Waals surface area contributed by atoms with E-state index < -0.39 is 0 Å². The van der Waals surface area contributed by atoms with Crippen molar-refractivity contribution in [2.24, 2.45) is 5.73 Å². The van der Waals surface area contributed by atoms with Gasteiger partial charge < -0.3 is 5.73 Å². The van der Waals surface area contributed by atoms with Crippen molar-refractivity contribution in [3.05, 3.63) is 16.6 Å². The number of nitrogens with two attached hydrogens (primary N) is 1. The summed E-state index contributed by atoms with van der Waals surface area (Å²) in [6.45, 7) is 2.52. The van der Waals surface area contributed by atoms with Gasteiger partial charge in [0.1, 0.15) is 0 Å². The predicted octanol–water partition coefficient (Wildman–Crippen LogP) is 2.81. The molecule has 2 heterocycles. The van der Waals surface area contributed by atoms with Crippen molar-refractivity contribution >= 4 is 11.3 Å². The Kier molecular flexibility index (Phi) is 4.20. The van der Waals surface area contributed by atoms with E-state index in [0.717, 1.165) is 6.42 Å². The molecule has 2 fully saturated rings. The third-order valence-corrected chi connectivity index (χ3v) is 5.85. The summed E-state index contributed by atoms with van der Waals surface area (Å²) < 4.78 is 0. The Morgan fingerprint density at radius 3 is 2.58 bits per heavy atom. The summed E-state index contributed by atoms with van der Waals surface area (Å²) in [5.74, 6) is 0. The number of thiazole rings is 1. The Balaban J connectivity index is 1.75. The molecule has 4 heteroatoms. The van der Waals surface area contributed by atoms with Gasteiger partial charge in [0.05, 0.1) is 5.51 Å². The molecule has 1 unspecified atom stereocenters. The standard InChI is InChI=1S/C15H25N3S/c16-14(10-13-11-17-12-19-13)15(6-2-3-7-15)18-8-4-1-5-9-18/h11-12,14H,1-10,16H2. The molecule has 0 amide bonds. The molecule has 1 atom stereocenters. The highest BCUT2D eigenvalue weighted by molar-refractivity contribution is 7.09. The topological polar surface area (TPSA) is 42.1 Å². The maximum absolute atomic E-state index is 6.67. The second kappa shape index (κ2) is 5.90. The van der Waals surface area contributed by atoms with E-state index in [-0.39, 0.29) is 11.6 Å². The molecule has 19 heavy (non-hydrogen) atoms. The molecule has 3 nitrogen and oxygen atoms in total. The Bertz CT molecular complexity index is 378. The molecule has 0 bridgehead atoms. The van der Waals surface area contributed by atoms with Crippen LogP contribution in [0.3, 0.4) is 0 Å². The molecule has 1 saturated carbocycles. The van der Waals surface area contributed by atoms with Crippen LogP contribution in [0.4, 0.5) is 0 Å². The van der Waals surface area contributed by atoms with Crippen LogP contribution in [0, 0.1) is 0 Å². The van der Waals surface area contributed by atoms with E-state index in [1.54, 1.807) is 11.3 Å². The first-order valence-electron chi connectivity index (χ1n) is 7.69. The van der Waals surface area contributed by atoms with Gasteiger partial charge in [-0.2, -0.15) is 0 Å². The van der Waals surface area contributed by atoms with Crippen LogP contribution >= 0.6 is 11.3 Å². The molecule has 1 aromatic heterocycles. The van der Waals surface area contributed by atoms with Crippen LogP contribution in [0.15, 0.2) is 11.7 Å². The van der Waals surface area contributed by atoms with Crippen molar-refractivity contribution in [1.82, 2.24) is 9.88 Å². The minimum absolute atomic E-state index is 0.272. The second-order valence-corrected chi connectivity index (χ2v) is 7.11. The first-order valence-corrected chi connectivity index (χ1v) is 8.57. The highest BCUT2D eigenvalue weighted by atomic mass is 32.1. The van der Waals surface area contributed by atoms with E-state index in [2.05, 4.69) is 9.88 Å². The van der Waals surface area contributed by atoms with Gasteiger partial charge >= 0.3 is 0 Å². The Hall–Kier alpha value is -0.450. The molecular weight excluding hydrogens is 254 g/mol. The number of hydrogen-bond acceptors (Lipinski definition) is 4. The lowest BCUT2D eigenvalue weighted by Crippen LogP contribution is -2.60. The van der Waals surface area contributed by atoms with E-state index >= 15 is 0 Å². The first-order chi connectivity index (χ1) is 9.31. The lowest BCUT2D eigenvalue weighted by molar-refractivity contribution is 0.0484. The Morgan fingerprint density at radius 1 is 1.21 bits per heavy atom. The lowest BCUT2D eigenvalue weighted by Gasteiger charge is -2.47. The average molecular weight is 279 g/mol. The van der Waals surface area contributed by atoms with Crippen LogP contribution in [-0.4, -0.2) is 34.6 Å². The van der Waals surface area contributed by atoms with Crippen LogP contribution < -0.4 is 5.73 Å². The minimum Gasteiger partial charge on any atom is -0.326 e. The van der Waals surface area contributed by atoms with Crippen LogP contribution in [0.25, 0.3) is 0 Å². The highest BCUT2D eigenvalue weighted by Gasteiger charge is 2.44. The summed E-state index contributed by atoms with van der Waals surface area (Å²) in [5.41, 5.74) is 8.88. The summed E-state index contributed by atoms with van der Waals surface area (Å²) in [6.07, 6.45) is 12.4. The smallest absolute Gasteiger partial charge is 0.0794 e. The van der Waals surface area contributed by atoms with Crippen molar-refractivity contribution in [3.63, 3.8) is 0 Å². The first kappa shape index (κ1) is 13.5. The third kappa shape index (κ3) is 2.71. The number of piperidine rings is 1. The van der Waals surface area contributed by atoms with Gasteiger partial charge in [0, 0.05) is 29.1 Å². The monoisotopic (exact) mass is 279 g/mol. The normalized spacial score (nSPS) is 25.5. The van der Waals surface area contributed by atoms with Crippen LogP contribution in [-0.2, 0) is 6.42 Å². The van der Waals surface area contributed by atoms with E-state index in [9.17, 15) is 0 Å². The largest absolute Gasteiger partial charge is 0.326 e. The molecule has 0 aromatic carbocycles. The number of rotatable bonds is 4. The molecule has 106 valence electrons. The fourth-order valence-electron chi connectivity index (χ4n) is 4.00. The van der Waals surface area contributed by atoms with Gasteiger partial charge in [0.15, 0.2) is 0 Å². The molecular formula is C15H25N3S. The second-order valence-electron chi connectivity index (χ2n) is 6.14. The van der Waals surface area contributed by atoms with Crippen LogP contribution in [0.2, 0.25) is 0 Å². The zero-order chi connectivity index (χ0) is 13.1. The summed E-state index contributed by atoms with van der Waals surface area (Å²) in [5, 5.41) is 0. The average Bonchev–Trinajstić information content (AvgIpc) is 3.11. The molecule has 1 aliphatic heterocycles. The van der Waals surface area contributed by atoms with Crippen molar-refractivity contribution in [3.8, 4) is 0 Å². The van der Waals surface area contributed by atoms with E-state index in [4.69, 9.17) is 5.73 Å². The van der Waals surface area contributed by atoms with Gasteiger partial charge in [-0.25, -0.2) is 0 Å². The van der Waals surface area contributed by atoms with Gasteiger partial charge in [-0.3, -0.25) is 9.88 Å². The summed E-state index contributed by atoms with van der Waals surface area (Å²) in [4.78, 5) is 8.26. The lowest BCUT2D eigenvalue weighted by atomic mass is 9.83. The Labute approximate surface area is 120 Å². The zero-order valence-corrected chi connectivity index (χ0v) is 12.5. The van der Waals surface area contributed by atoms with E-state index in [1.165, 1.54) is 62.9 Å².